The van der Waals surface area contributed by atoms with Crippen LogP contribution in [0.4, 0.5) is 10.8 Å². The van der Waals surface area contributed by atoms with Crippen molar-refractivity contribution in [2.45, 2.75) is 23.7 Å². The first-order valence-electron chi connectivity index (χ1n) is 9.79. The van der Waals surface area contributed by atoms with E-state index in [9.17, 15) is 14.7 Å². The summed E-state index contributed by atoms with van der Waals surface area (Å²) in [5.74, 6) is -0.983. The van der Waals surface area contributed by atoms with Gasteiger partial charge in [0.15, 0.2) is 4.34 Å². The monoisotopic (exact) mass is 486 g/mol. The average molecular weight is 487 g/mol. The zero-order valence-corrected chi connectivity index (χ0v) is 19.4. The second kappa shape index (κ2) is 9.32. The summed E-state index contributed by atoms with van der Waals surface area (Å²) < 4.78 is 0.706. The summed E-state index contributed by atoms with van der Waals surface area (Å²) >= 11 is 8.82. The molecule has 1 atom stereocenters. The number of amides is 1. The van der Waals surface area contributed by atoms with Gasteiger partial charge >= 0.3 is 5.91 Å². The number of hydrogen-bond acceptors (Lipinski definition) is 8. The molecule has 4 rings (SSSR count). The van der Waals surface area contributed by atoms with Crippen molar-refractivity contribution >= 4 is 63.0 Å². The van der Waals surface area contributed by atoms with Crippen LogP contribution in [0.1, 0.15) is 30.5 Å². The molecule has 1 saturated heterocycles. The molecule has 1 unspecified atom stereocenters. The predicted octanol–water partition coefficient (Wildman–Crippen LogP) is 4.90. The molecule has 1 aliphatic heterocycles. The van der Waals surface area contributed by atoms with Gasteiger partial charge in [-0.1, -0.05) is 53.8 Å². The fourth-order valence-electron chi connectivity index (χ4n) is 3.33. The van der Waals surface area contributed by atoms with Gasteiger partial charge in [-0.3, -0.25) is 14.5 Å². The number of thioether (sulfide) groups is 1. The van der Waals surface area contributed by atoms with E-state index in [2.05, 4.69) is 17.1 Å². The lowest BCUT2D eigenvalue weighted by Gasteiger charge is -2.22. The highest BCUT2D eigenvalue weighted by Gasteiger charge is 2.48. The summed E-state index contributed by atoms with van der Waals surface area (Å²) in [6.45, 7) is 2.06. The minimum absolute atomic E-state index is 0.0277. The largest absolute Gasteiger partial charge is 0.507 e. The van der Waals surface area contributed by atoms with E-state index in [1.165, 1.54) is 28.0 Å². The Kier molecular flexibility index (Phi) is 6.50. The quantitative estimate of drug-likeness (QED) is 0.127. The Balaban J connectivity index is 1.86. The number of ketones is 1. The van der Waals surface area contributed by atoms with Gasteiger partial charge in [0.1, 0.15) is 5.76 Å². The third kappa shape index (κ3) is 4.23. The molecule has 1 aliphatic rings. The van der Waals surface area contributed by atoms with E-state index in [4.69, 9.17) is 17.3 Å². The molecule has 7 nitrogen and oxygen atoms in total. The van der Waals surface area contributed by atoms with Gasteiger partial charge in [0.25, 0.3) is 5.78 Å². The third-order valence-electron chi connectivity index (χ3n) is 4.85. The molecule has 0 radical (unpaired) electrons. The van der Waals surface area contributed by atoms with Crippen LogP contribution in [0.25, 0.3) is 5.76 Å². The first-order chi connectivity index (χ1) is 15.4. The summed E-state index contributed by atoms with van der Waals surface area (Å²) in [5, 5.41) is 20.2. The van der Waals surface area contributed by atoms with Crippen LogP contribution in [0.5, 0.6) is 0 Å². The van der Waals surface area contributed by atoms with Crippen molar-refractivity contribution in [2.24, 2.45) is 0 Å². The number of halogens is 1. The molecule has 164 valence electrons. The Labute approximate surface area is 197 Å². The molecule has 10 heteroatoms. The molecule has 2 aromatic carbocycles. The van der Waals surface area contributed by atoms with Gasteiger partial charge in [-0.15, -0.1) is 10.2 Å². The lowest BCUT2D eigenvalue weighted by Crippen LogP contribution is -2.29. The maximum atomic E-state index is 13.1. The number of benzene rings is 2. The first-order valence-corrected chi connectivity index (χ1v) is 12.0. The Hall–Kier alpha value is -2.88. The van der Waals surface area contributed by atoms with Crippen molar-refractivity contribution in [1.82, 2.24) is 10.2 Å². The summed E-state index contributed by atoms with van der Waals surface area (Å²) in [4.78, 5) is 27.5. The molecule has 3 N–H and O–H groups in total. The van der Waals surface area contributed by atoms with Crippen molar-refractivity contribution in [2.75, 3.05) is 16.4 Å². The van der Waals surface area contributed by atoms with Gasteiger partial charge < -0.3 is 10.8 Å². The van der Waals surface area contributed by atoms with Crippen LogP contribution in [0.3, 0.4) is 0 Å². The summed E-state index contributed by atoms with van der Waals surface area (Å²) in [6, 6.07) is 12.3. The molecule has 1 amide bonds. The normalized spacial score (nSPS) is 17.8. The Morgan fingerprint density at radius 1 is 1.16 bits per heavy atom. The number of aliphatic hydroxyl groups is 1. The zero-order chi connectivity index (χ0) is 22.8. The van der Waals surface area contributed by atoms with Crippen molar-refractivity contribution in [3.05, 3.63) is 70.3 Å². The number of nitrogens with zero attached hydrogens (tertiary/aromatic N) is 3. The van der Waals surface area contributed by atoms with E-state index >= 15 is 0 Å². The standard InChI is InChI=1S/C22H19ClN4O3S2/c1-2-11-31-22-26-25-21(32-22)27-17(12-3-7-14(23)8-4-12)16(19(29)20(27)30)18(28)13-5-9-15(24)10-6-13/h3-10,17,28H,2,11,24H2,1H3/b18-16+. The molecular weight excluding hydrogens is 468 g/mol. The molecule has 3 aromatic rings. The van der Waals surface area contributed by atoms with Gasteiger partial charge in [0.2, 0.25) is 5.13 Å². The number of hydrogen-bond donors (Lipinski definition) is 2. The van der Waals surface area contributed by atoms with Gasteiger partial charge in [-0.25, -0.2) is 0 Å². The predicted molar refractivity (Wildman–Crippen MR) is 128 cm³/mol. The Morgan fingerprint density at radius 3 is 2.50 bits per heavy atom. The van der Waals surface area contributed by atoms with E-state index in [0.29, 0.717) is 31.3 Å². The molecule has 0 aliphatic carbocycles. The van der Waals surface area contributed by atoms with Gasteiger partial charge in [0, 0.05) is 22.0 Å². The van der Waals surface area contributed by atoms with E-state index in [1.54, 1.807) is 48.5 Å². The minimum atomic E-state index is -0.873. The molecule has 2 heterocycles. The van der Waals surface area contributed by atoms with E-state index < -0.39 is 17.7 Å². The van der Waals surface area contributed by atoms with Crippen LogP contribution in [-0.4, -0.2) is 32.7 Å². The topological polar surface area (TPSA) is 109 Å². The second-order valence-electron chi connectivity index (χ2n) is 7.04. The van der Waals surface area contributed by atoms with Gasteiger partial charge in [0.05, 0.1) is 11.6 Å². The highest BCUT2D eigenvalue weighted by atomic mass is 35.5. The number of nitrogens with two attached hydrogens (primary N) is 1. The van der Waals surface area contributed by atoms with Crippen LogP contribution in [-0.2, 0) is 9.59 Å². The zero-order valence-electron chi connectivity index (χ0n) is 17.0. The molecule has 0 bridgehead atoms. The summed E-state index contributed by atoms with van der Waals surface area (Å²) in [6.07, 6.45) is 0.969. The number of aromatic nitrogens is 2. The average Bonchev–Trinajstić information content (AvgIpc) is 3.35. The lowest BCUT2D eigenvalue weighted by atomic mass is 9.95. The van der Waals surface area contributed by atoms with E-state index in [1.807, 2.05) is 0 Å². The summed E-state index contributed by atoms with van der Waals surface area (Å²) in [7, 11) is 0. The lowest BCUT2D eigenvalue weighted by molar-refractivity contribution is -0.132. The molecule has 32 heavy (non-hydrogen) atoms. The first kappa shape index (κ1) is 22.3. The number of carbonyl (C=O) groups is 2. The van der Waals surface area contributed by atoms with Crippen LogP contribution in [0.15, 0.2) is 58.4 Å². The number of carbonyl (C=O) groups excluding carboxylic acids is 2. The fourth-order valence-corrected chi connectivity index (χ4v) is 5.25. The van der Waals surface area contributed by atoms with Crippen molar-refractivity contribution in [3.8, 4) is 0 Å². The van der Waals surface area contributed by atoms with Crippen molar-refractivity contribution in [3.63, 3.8) is 0 Å². The van der Waals surface area contributed by atoms with Crippen LogP contribution >= 0.6 is 34.7 Å². The number of anilines is 2. The maximum absolute atomic E-state index is 13.1. The van der Waals surface area contributed by atoms with Gasteiger partial charge in [-0.2, -0.15) is 0 Å². The fraction of sp³-hybridized carbons (Fsp3) is 0.182. The van der Waals surface area contributed by atoms with Gasteiger partial charge in [-0.05, 0) is 48.4 Å². The van der Waals surface area contributed by atoms with Crippen LogP contribution in [0, 0.1) is 0 Å². The smallest absolute Gasteiger partial charge is 0.301 e. The molecule has 0 spiro atoms. The van der Waals surface area contributed by atoms with Crippen LogP contribution in [0.2, 0.25) is 5.02 Å². The maximum Gasteiger partial charge on any atom is 0.301 e. The number of Topliss-reactive ketones (excluding diaryl/α,β-unsaturated/α-hetero) is 1. The number of nitrogen functional groups attached to an aromatic ring is 1. The number of aliphatic hydroxyl groups excluding tert-OH is 1. The van der Waals surface area contributed by atoms with E-state index in [0.717, 1.165) is 12.2 Å². The summed E-state index contributed by atoms with van der Waals surface area (Å²) in [5.41, 5.74) is 7.23. The molecule has 1 aromatic heterocycles. The van der Waals surface area contributed by atoms with Crippen molar-refractivity contribution in [1.29, 1.82) is 0 Å². The highest BCUT2D eigenvalue weighted by Crippen LogP contribution is 2.44. The SMILES string of the molecule is CCCSc1nnc(N2C(=O)C(=O)/C(=C(/O)c3ccc(N)cc3)C2c2ccc(Cl)cc2)s1. The minimum Gasteiger partial charge on any atom is -0.507 e. The second-order valence-corrected chi connectivity index (χ2v) is 9.78. The third-order valence-corrected chi connectivity index (χ3v) is 7.36. The number of rotatable bonds is 6. The molecule has 0 saturated carbocycles. The van der Waals surface area contributed by atoms with Crippen LogP contribution < -0.4 is 10.6 Å². The highest BCUT2D eigenvalue weighted by molar-refractivity contribution is 8.01. The Bertz CT molecular complexity index is 1190. The molecular formula is C22H19ClN4O3S2. The molecule has 1 fully saturated rings. The van der Waals surface area contributed by atoms with Crippen molar-refractivity contribution < 1.29 is 14.7 Å². The Morgan fingerprint density at radius 2 is 1.84 bits per heavy atom. The van der Waals surface area contributed by atoms with E-state index in [-0.39, 0.29) is 11.3 Å².